The molecule has 4 aromatic rings. The molecule has 1 aromatic heterocycles. The van der Waals surface area contributed by atoms with E-state index in [4.69, 9.17) is 0 Å². The maximum Gasteiger partial charge on any atom is 0.276 e. The van der Waals surface area contributed by atoms with Crippen LogP contribution in [0.1, 0.15) is 33.2 Å². The number of rotatable bonds is 5. The Hall–Kier alpha value is -4.19. The topological polar surface area (TPSA) is 84.2 Å². The van der Waals surface area contributed by atoms with Crippen LogP contribution in [0.4, 0.5) is 0 Å². The molecule has 1 heterocycles. The third-order valence-corrected chi connectivity index (χ3v) is 4.91. The lowest BCUT2D eigenvalue weighted by Gasteiger charge is -2.20. The Kier molecular flexibility index (Phi) is 5.62. The van der Waals surface area contributed by atoms with Crippen molar-refractivity contribution in [3.8, 4) is 11.4 Å². The summed E-state index contributed by atoms with van der Waals surface area (Å²) in [7, 11) is 0. The van der Waals surface area contributed by atoms with Gasteiger partial charge in [0.1, 0.15) is 0 Å². The molecular formula is C25H21N3O3. The molecule has 0 aliphatic heterocycles. The Morgan fingerprint density at radius 2 is 1.52 bits per heavy atom. The van der Waals surface area contributed by atoms with E-state index < -0.39 is 23.3 Å². The van der Waals surface area contributed by atoms with Gasteiger partial charge in [0.15, 0.2) is 11.4 Å². The molecule has 0 saturated carbocycles. The summed E-state index contributed by atoms with van der Waals surface area (Å²) < 4.78 is 1.11. The number of carbonyl (C=O) groups is 1. The minimum absolute atomic E-state index is 0.224. The van der Waals surface area contributed by atoms with Crippen molar-refractivity contribution in [1.29, 1.82) is 0 Å². The van der Waals surface area contributed by atoms with Gasteiger partial charge in [-0.25, -0.2) is 0 Å². The minimum atomic E-state index is -0.586. The number of nitrogens with one attached hydrogen (secondary N) is 1. The van der Waals surface area contributed by atoms with Crippen LogP contribution in [0.25, 0.3) is 5.69 Å². The Morgan fingerprint density at radius 3 is 2.10 bits per heavy atom. The number of hydrogen-bond donors (Lipinski definition) is 2. The van der Waals surface area contributed by atoms with E-state index in [0.29, 0.717) is 5.69 Å². The molecule has 154 valence electrons. The molecule has 6 nitrogen and oxygen atoms in total. The first-order valence-corrected chi connectivity index (χ1v) is 9.84. The lowest BCUT2D eigenvalue weighted by Crippen LogP contribution is -2.32. The van der Waals surface area contributed by atoms with Crippen LogP contribution < -0.4 is 10.9 Å². The van der Waals surface area contributed by atoms with Crippen molar-refractivity contribution < 1.29 is 9.90 Å². The SMILES string of the molecule is Cc1cccc(-n2nc(C(=O)NC(c3ccccc3)c3ccccc3)c(O)cc2=O)c1. The maximum atomic E-state index is 13.1. The molecule has 0 unspecified atom stereocenters. The number of aryl methyl sites for hydroxylation is 1. The molecule has 4 rings (SSSR count). The minimum Gasteiger partial charge on any atom is -0.505 e. The van der Waals surface area contributed by atoms with E-state index in [2.05, 4.69) is 10.4 Å². The Bertz CT molecular complexity index is 1230. The van der Waals surface area contributed by atoms with Gasteiger partial charge in [0, 0.05) is 6.07 Å². The molecule has 1 amide bonds. The molecule has 0 atom stereocenters. The van der Waals surface area contributed by atoms with Gasteiger partial charge in [0.25, 0.3) is 11.5 Å². The Balaban J connectivity index is 1.73. The molecule has 31 heavy (non-hydrogen) atoms. The molecule has 0 radical (unpaired) electrons. The van der Waals surface area contributed by atoms with Crippen LogP contribution in [0, 0.1) is 6.92 Å². The van der Waals surface area contributed by atoms with E-state index in [1.165, 1.54) is 0 Å². The van der Waals surface area contributed by atoms with Crippen molar-refractivity contribution in [2.75, 3.05) is 0 Å². The molecule has 0 spiro atoms. The van der Waals surface area contributed by atoms with Crippen molar-refractivity contribution >= 4 is 5.91 Å². The van der Waals surface area contributed by atoms with Crippen LogP contribution in [0.3, 0.4) is 0 Å². The largest absolute Gasteiger partial charge is 0.505 e. The zero-order valence-corrected chi connectivity index (χ0v) is 16.9. The van der Waals surface area contributed by atoms with E-state index in [1.807, 2.05) is 73.7 Å². The van der Waals surface area contributed by atoms with E-state index in [1.54, 1.807) is 18.2 Å². The number of hydrogen-bond acceptors (Lipinski definition) is 4. The van der Waals surface area contributed by atoms with Gasteiger partial charge in [-0.15, -0.1) is 0 Å². The predicted molar refractivity (Wildman–Crippen MR) is 118 cm³/mol. The number of benzene rings is 3. The second-order valence-electron chi connectivity index (χ2n) is 7.20. The summed E-state index contributed by atoms with van der Waals surface area (Å²) in [4.78, 5) is 25.5. The van der Waals surface area contributed by atoms with Gasteiger partial charge in [-0.2, -0.15) is 9.78 Å². The third kappa shape index (κ3) is 4.38. The molecule has 0 fully saturated rings. The highest BCUT2D eigenvalue weighted by atomic mass is 16.3. The second-order valence-corrected chi connectivity index (χ2v) is 7.20. The summed E-state index contributed by atoms with van der Waals surface area (Å²) in [5, 5.41) is 17.4. The standard InChI is InChI=1S/C25H21N3O3/c1-17-9-8-14-20(15-17)28-22(30)16-21(29)24(27-28)25(31)26-23(18-10-4-2-5-11-18)19-12-6-3-7-13-19/h2-16,23,29H,1H3,(H,26,31). The van der Waals surface area contributed by atoms with Gasteiger partial charge in [-0.1, -0.05) is 72.8 Å². The molecule has 0 aliphatic rings. The summed E-state index contributed by atoms with van der Waals surface area (Å²) in [6.45, 7) is 1.90. The monoisotopic (exact) mass is 411 g/mol. The van der Waals surface area contributed by atoms with Crippen LogP contribution in [-0.4, -0.2) is 20.8 Å². The van der Waals surface area contributed by atoms with Crippen molar-refractivity contribution in [3.63, 3.8) is 0 Å². The Morgan fingerprint density at radius 1 is 0.903 bits per heavy atom. The lowest BCUT2D eigenvalue weighted by atomic mass is 9.98. The molecule has 3 aromatic carbocycles. The zero-order valence-electron chi connectivity index (χ0n) is 16.9. The quantitative estimate of drug-likeness (QED) is 0.524. The second kappa shape index (κ2) is 8.67. The van der Waals surface area contributed by atoms with Gasteiger partial charge in [0.2, 0.25) is 0 Å². The van der Waals surface area contributed by atoms with E-state index in [-0.39, 0.29) is 5.69 Å². The number of carbonyl (C=O) groups excluding carboxylic acids is 1. The number of nitrogens with zero attached hydrogens (tertiary/aromatic N) is 2. The van der Waals surface area contributed by atoms with Gasteiger partial charge in [0.05, 0.1) is 11.7 Å². The Labute approximate surface area is 179 Å². The van der Waals surface area contributed by atoms with Crippen molar-refractivity contribution in [2.24, 2.45) is 0 Å². The van der Waals surface area contributed by atoms with Crippen molar-refractivity contribution in [1.82, 2.24) is 15.1 Å². The number of amides is 1. The summed E-state index contributed by atoms with van der Waals surface area (Å²) in [6, 6.07) is 26.8. The summed E-state index contributed by atoms with van der Waals surface area (Å²) in [6.07, 6.45) is 0. The number of aromatic nitrogens is 2. The average Bonchev–Trinajstić information content (AvgIpc) is 2.78. The van der Waals surface area contributed by atoms with Crippen LogP contribution >= 0.6 is 0 Å². The third-order valence-electron chi connectivity index (χ3n) is 4.91. The van der Waals surface area contributed by atoms with Gasteiger partial charge < -0.3 is 10.4 Å². The number of aromatic hydroxyl groups is 1. The zero-order chi connectivity index (χ0) is 21.8. The summed E-state index contributed by atoms with van der Waals surface area (Å²) >= 11 is 0. The average molecular weight is 411 g/mol. The first-order valence-electron chi connectivity index (χ1n) is 9.84. The van der Waals surface area contributed by atoms with Crippen molar-refractivity contribution in [3.05, 3.63) is 124 Å². The predicted octanol–water partition coefficient (Wildman–Crippen LogP) is 3.77. The van der Waals surface area contributed by atoms with Gasteiger partial charge in [-0.3, -0.25) is 9.59 Å². The molecular weight excluding hydrogens is 390 g/mol. The smallest absolute Gasteiger partial charge is 0.276 e. The van der Waals surface area contributed by atoms with Gasteiger partial charge in [-0.05, 0) is 35.7 Å². The first kappa shape index (κ1) is 20.1. The highest BCUT2D eigenvalue weighted by Crippen LogP contribution is 2.23. The molecule has 0 aliphatic carbocycles. The molecule has 0 saturated heterocycles. The fourth-order valence-corrected chi connectivity index (χ4v) is 3.40. The molecule has 0 bridgehead atoms. The lowest BCUT2D eigenvalue weighted by molar-refractivity contribution is 0.0933. The van der Waals surface area contributed by atoms with Gasteiger partial charge >= 0.3 is 0 Å². The van der Waals surface area contributed by atoms with E-state index >= 15 is 0 Å². The summed E-state index contributed by atoms with van der Waals surface area (Å²) in [5.74, 6) is -1.05. The van der Waals surface area contributed by atoms with Crippen LogP contribution in [0.5, 0.6) is 5.75 Å². The maximum absolute atomic E-state index is 13.1. The first-order chi connectivity index (χ1) is 15.0. The van der Waals surface area contributed by atoms with Crippen LogP contribution in [0.2, 0.25) is 0 Å². The van der Waals surface area contributed by atoms with Crippen LogP contribution in [0.15, 0.2) is 95.8 Å². The van der Waals surface area contributed by atoms with E-state index in [9.17, 15) is 14.7 Å². The fourth-order valence-electron chi connectivity index (χ4n) is 3.40. The highest BCUT2D eigenvalue weighted by Gasteiger charge is 2.22. The van der Waals surface area contributed by atoms with Crippen molar-refractivity contribution in [2.45, 2.75) is 13.0 Å². The molecule has 6 heteroatoms. The van der Waals surface area contributed by atoms with Crippen LogP contribution in [-0.2, 0) is 0 Å². The highest BCUT2D eigenvalue weighted by molar-refractivity contribution is 5.95. The fraction of sp³-hybridized carbons (Fsp3) is 0.0800. The summed E-state index contributed by atoms with van der Waals surface area (Å²) in [5.41, 5.74) is 2.47. The molecule has 2 N–H and O–H groups in total. The van der Waals surface area contributed by atoms with E-state index in [0.717, 1.165) is 27.4 Å². The normalized spacial score (nSPS) is 10.8.